The van der Waals surface area contributed by atoms with E-state index in [9.17, 15) is 13.2 Å². The molecule has 8 heteroatoms. The first-order valence-electron chi connectivity index (χ1n) is 5.43. The number of benzene rings is 1. The van der Waals surface area contributed by atoms with E-state index in [4.69, 9.17) is 15.6 Å². The molecule has 0 aliphatic heterocycles. The van der Waals surface area contributed by atoms with Gasteiger partial charge in [0.25, 0.3) is 5.91 Å². The lowest BCUT2D eigenvalue weighted by Crippen LogP contribution is -2.30. The van der Waals surface area contributed by atoms with E-state index in [0.717, 1.165) is 6.07 Å². The van der Waals surface area contributed by atoms with Gasteiger partial charge in [0.15, 0.2) is 0 Å². The van der Waals surface area contributed by atoms with Crippen molar-refractivity contribution in [2.24, 2.45) is 5.73 Å². The number of ether oxygens (including phenoxy) is 1. The number of sulfonamides is 1. The number of aliphatic hydroxyl groups excluding tert-OH is 1. The molecule has 0 spiro atoms. The molecule has 19 heavy (non-hydrogen) atoms. The molecule has 0 fully saturated rings. The molecule has 4 N–H and O–H groups in total. The van der Waals surface area contributed by atoms with Crippen molar-refractivity contribution in [3.05, 3.63) is 23.8 Å². The van der Waals surface area contributed by atoms with Gasteiger partial charge < -0.3 is 15.6 Å². The number of hydrogen-bond acceptors (Lipinski definition) is 5. The van der Waals surface area contributed by atoms with E-state index >= 15 is 0 Å². The Morgan fingerprint density at radius 1 is 1.53 bits per heavy atom. The van der Waals surface area contributed by atoms with E-state index in [-0.39, 0.29) is 22.8 Å². The molecule has 0 radical (unpaired) electrons. The lowest BCUT2D eigenvalue weighted by molar-refractivity contribution is 0.0997. The average molecular weight is 288 g/mol. The standard InChI is InChI=1S/C11H16N2O5S/c1-7(14)6-13-19(16,17)8-3-4-10(18-2)9(5-8)11(12)15/h3-5,7,13-14H,6H2,1-2H3,(H2,12,15). The number of nitrogens with one attached hydrogen (secondary N) is 1. The topological polar surface area (TPSA) is 119 Å². The van der Waals surface area contributed by atoms with Crippen molar-refractivity contribution in [2.45, 2.75) is 17.9 Å². The van der Waals surface area contributed by atoms with Crippen LogP contribution < -0.4 is 15.2 Å². The molecule has 0 aliphatic rings. The van der Waals surface area contributed by atoms with E-state index in [1.807, 2.05) is 0 Å². The van der Waals surface area contributed by atoms with Crippen LogP contribution in [-0.2, 0) is 10.0 Å². The normalized spacial score (nSPS) is 13.0. The zero-order valence-electron chi connectivity index (χ0n) is 10.6. The summed E-state index contributed by atoms with van der Waals surface area (Å²) in [5, 5.41) is 9.07. The van der Waals surface area contributed by atoms with Gasteiger partial charge in [0.05, 0.1) is 23.7 Å². The van der Waals surface area contributed by atoms with Gasteiger partial charge in [-0.2, -0.15) is 0 Å². The highest BCUT2D eigenvalue weighted by molar-refractivity contribution is 7.89. The fourth-order valence-electron chi connectivity index (χ4n) is 1.36. The van der Waals surface area contributed by atoms with Gasteiger partial charge >= 0.3 is 0 Å². The Hall–Kier alpha value is -1.64. The summed E-state index contributed by atoms with van der Waals surface area (Å²) in [6.45, 7) is 1.33. The Labute approximate surface area is 111 Å². The summed E-state index contributed by atoms with van der Waals surface area (Å²) in [6.07, 6.45) is -0.816. The van der Waals surface area contributed by atoms with Crippen LogP contribution in [0, 0.1) is 0 Å². The molecule has 0 aliphatic carbocycles. The fourth-order valence-corrected chi connectivity index (χ4v) is 2.51. The molecule has 1 unspecified atom stereocenters. The number of nitrogens with two attached hydrogens (primary N) is 1. The highest BCUT2D eigenvalue weighted by Gasteiger charge is 2.18. The second-order valence-electron chi connectivity index (χ2n) is 3.93. The Morgan fingerprint density at radius 2 is 2.16 bits per heavy atom. The summed E-state index contributed by atoms with van der Waals surface area (Å²) in [4.78, 5) is 11.1. The molecule has 0 aromatic heterocycles. The van der Waals surface area contributed by atoms with Crippen LogP contribution in [0.4, 0.5) is 0 Å². The first kappa shape index (κ1) is 15.4. The minimum Gasteiger partial charge on any atom is -0.496 e. The van der Waals surface area contributed by atoms with Crippen LogP contribution in [-0.4, -0.2) is 39.2 Å². The van der Waals surface area contributed by atoms with E-state index in [1.165, 1.54) is 26.2 Å². The minimum absolute atomic E-state index is 0.0255. The third kappa shape index (κ3) is 3.91. The van der Waals surface area contributed by atoms with Gasteiger partial charge in [0.2, 0.25) is 10.0 Å². The summed E-state index contributed by atoms with van der Waals surface area (Å²) < 4.78 is 30.9. The fraction of sp³-hybridized carbons (Fsp3) is 0.364. The number of carbonyl (C=O) groups excluding carboxylic acids is 1. The van der Waals surface area contributed by atoms with Crippen molar-refractivity contribution in [2.75, 3.05) is 13.7 Å². The van der Waals surface area contributed by atoms with Crippen LogP contribution in [0.3, 0.4) is 0 Å². The van der Waals surface area contributed by atoms with Crippen LogP contribution >= 0.6 is 0 Å². The van der Waals surface area contributed by atoms with Crippen molar-refractivity contribution in [3.8, 4) is 5.75 Å². The zero-order valence-corrected chi connectivity index (χ0v) is 11.4. The van der Waals surface area contributed by atoms with Crippen molar-refractivity contribution in [1.82, 2.24) is 4.72 Å². The predicted molar refractivity (Wildman–Crippen MR) is 68.4 cm³/mol. The molecule has 1 aromatic rings. The Kier molecular flexibility index (Phi) is 4.87. The summed E-state index contributed by atoms with van der Waals surface area (Å²) in [6, 6.07) is 3.76. The lowest BCUT2D eigenvalue weighted by Gasteiger charge is -2.11. The Bertz CT molecular complexity index is 568. The van der Waals surface area contributed by atoms with E-state index in [2.05, 4.69) is 4.72 Å². The van der Waals surface area contributed by atoms with E-state index < -0.39 is 22.0 Å². The van der Waals surface area contributed by atoms with Gasteiger partial charge in [-0.15, -0.1) is 0 Å². The summed E-state index contributed by atoms with van der Waals surface area (Å²) in [5.41, 5.74) is 5.12. The van der Waals surface area contributed by atoms with Gasteiger partial charge in [-0.1, -0.05) is 0 Å². The molecule has 1 rings (SSSR count). The SMILES string of the molecule is COc1ccc(S(=O)(=O)NCC(C)O)cc1C(N)=O. The molecule has 7 nitrogen and oxygen atoms in total. The maximum absolute atomic E-state index is 11.9. The predicted octanol–water partition coefficient (Wildman–Crippen LogP) is -0.547. The maximum Gasteiger partial charge on any atom is 0.252 e. The maximum atomic E-state index is 11.9. The Morgan fingerprint density at radius 3 is 2.63 bits per heavy atom. The molecular formula is C11H16N2O5S. The monoisotopic (exact) mass is 288 g/mol. The Balaban J connectivity index is 3.14. The van der Waals surface area contributed by atoms with Crippen molar-refractivity contribution < 1.29 is 23.1 Å². The molecule has 106 valence electrons. The molecule has 1 atom stereocenters. The van der Waals surface area contributed by atoms with Gasteiger partial charge in [0.1, 0.15) is 5.75 Å². The van der Waals surface area contributed by atoms with Crippen LogP contribution in [0.25, 0.3) is 0 Å². The first-order valence-corrected chi connectivity index (χ1v) is 6.92. The minimum atomic E-state index is -3.81. The number of rotatable bonds is 6. The molecule has 1 amide bonds. The zero-order chi connectivity index (χ0) is 14.6. The van der Waals surface area contributed by atoms with Crippen molar-refractivity contribution in [1.29, 1.82) is 0 Å². The van der Waals surface area contributed by atoms with Gasteiger partial charge in [-0.3, -0.25) is 4.79 Å². The second kappa shape index (κ2) is 6.00. The largest absolute Gasteiger partial charge is 0.496 e. The lowest BCUT2D eigenvalue weighted by atomic mass is 10.2. The summed E-state index contributed by atoms with van der Waals surface area (Å²) in [5.74, 6) is -0.591. The highest BCUT2D eigenvalue weighted by Crippen LogP contribution is 2.21. The first-order chi connectivity index (χ1) is 8.77. The van der Waals surface area contributed by atoms with E-state index in [0.29, 0.717) is 0 Å². The number of amides is 1. The third-order valence-corrected chi connectivity index (χ3v) is 3.74. The number of carbonyl (C=O) groups is 1. The van der Waals surface area contributed by atoms with Crippen LogP contribution in [0.5, 0.6) is 5.75 Å². The second-order valence-corrected chi connectivity index (χ2v) is 5.69. The third-order valence-electron chi connectivity index (χ3n) is 2.32. The number of aliphatic hydroxyl groups is 1. The average Bonchev–Trinajstić information content (AvgIpc) is 2.35. The molecule has 0 saturated carbocycles. The molecule has 0 heterocycles. The molecule has 0 saturated heterocycles. The highest BCUT2D eigenvalue weighted by atomic mass is 32.2. The summed E-state index contributed by atoms with van der Waals surface area (Å²) >= 11 is 0. The van der Waals surface area contributed by atoms with Crippen molar-refractivity contribution >= 4 is 15.9 Å². The smallest absolute Gasteiger partial charge is 0.252 e. The number of primary amides is 1. The van der Waals surface area contributed by atoms with Gasteiger partial charge in [0, 0.05) is 6.54 Å². The molecular weight excluding hydrogens is 272 g/mol. The summed E-state index contributed by atoms with van der Waals surface area (Å²) in [7, 11) is -2.46. The van der Waals surface area contributed by atoms with E-state index in [1.54, 1.807) is 0 Å². The van der Waals surface area contributed by atoms with Crippen molar-refractivity contribution in [3.63, 3.8) is 0 Å². The van der Waals surface area contributed by atoms with Crippen LogP contribution in [0.2, 0.25) is 0 Å². The number of hydrogen-bond donors (Lipinski definition) is 3. The van der Waals surface area contributed by atoms with Gasteiger partial charge in [-0.25, -0.2) is 13.1 Å². The molecule has 0 bridgehead atoms. The van der Waals surface area contributed by atoms with Crippen LogP contribution in [0.1, 0.15) is 17.3 Å². The van der Waals surface area contributed by atoms with Gasteiger partial charge in [-0.05, 0) is 25.1 Å². The quantitative estimate of drug-likeness (QED) is 0.649. The van der Waals surface area contributed by atoms with Crippen LogP contribution in [0.15, 0.2) is 23.1 Å². The number of methoxy groups -OCH3 is 1. The molecule has 1 aromatic carbocycles.